The molecule has 2 amide bonds. The Balaban J connectivity index is 2.40. The third-order valence-corrected chi connectivity index (χ3v) is 4.55. The van der Waals surface area contributed by atoms with Crippen LogP contribution >= 0.6 is 7.52 Å². The van der Waals surface area contributed by atoms with Gasteiger partial charge in [0.05, 0.1) is 6.04 Å². The summed E-state index contributed by atoms with van der Waals surface area (Å²) in [6.07, 6.45) is -1.55. The predicted octanol–water partition coefficient (Wildman–Crippen LogP) is 0.623. The molecule has 0 aliphatic carbocycles. The number of hydrogen-bond donors (Lipinski definition) is 5. The van der Waals surface area contributed by atoms with Gasteiger partial charge in [-0.1, -0.05) is 30.3 Å². The van der Waals surface area contributed by atoms with Crippen LogP contribution in [0.2, 0.25) is 0 Å². The molecular weight excluding hydrogens is 365 g/mol. The number of aliphatic carboxylic acids is 1. The van der Waals surface area contributed by atoms with Crippen molar-refractivity contribution in [2.45, 2.75) is 32.5 Å². The van der Waals surface area contributed by atoms with Gasteiger partial charge < -0.3 is 25.4 Å². The monoisotopic (exact) mass is 387 g/mol. The lowest BCUT2D eigenvalue weighted by Crippen LogP contribution is -2.47. The Kier molecular flexibility index (Phi) is 8.24. The summed E-state index contributed by atoms with van der Waals surface area (Å²) in [7, 11) is -4.09. The van der Waals surface area contributed by atoms with Gasteiger partial charge in [0.2, 0.25) is 5.91 Å². The van der Waals surface area contributed by atoms with E-state index in [9.17, 15) is 23.8 Å². The fourth-order valence-electron chi connectivity index (χ4n) is 1.75. The zero-order valence-corrected chi connectivity index (χ0v) is 15.2. The second kappa shape index (κ2) is 9.91. The highest BCUT2D eigenvalue weighted by Crippen LogP contribution is 2.34. The van der Waals surface area contributed by atoms with E-state index in [1.165, 1.54) is 13.8 Å². The van der Waals surface area contributed by atoms with Crippen LogP contribution in [0.4, 0.5) is 4.79 Å². The van der Waals surface area contributed by atoms with Crippen LogP contribution in [0.15, 0.2) is 30.3 Å². The molecule has 1 aromatic rings. The summed E-state index contributed by atoms with van der Waals surface area (Å²) >= 11 is 0. The molecule has 0 bridgehead atoms. The summed E-state index contributed by atoms with van der Waals surface area (Å²) in [5, 5.41) is 15.2. The van der Waals surface area contributed by atoms with Crippen LogP contribution in [0.5, 0.6) is 0 Å². The first-order chi connectivity index (χ1) is 12.1. The third kappa shape index (κ3) is 8.11. The molecule has 1 rings (SSSR count). The quantitative estimate of drug-likeness (QED) is 0.387. The number of nitrogens with one attached hydrogen (secondary N) is 3. The second-order valence-electron chi connectivity index (χ2n) is 5.52. The van der Waals surface area contributed by atoms with E-state index in [0.29, 0.717) is 0 Å². The molecule has 26 heavy (non-hydrogen) atoms. The van der Waals surface area contributed by atoms with E-state index >= 15 is 0 Å². The van der Waals surface area contributed by atoms with Crippen molar-refractivity contribution in [3.63, 3.8) is 0 Å². The zero-order valence-electron chi connectivity index (χ0n) is 14.3. The van der Waals surface area contributed by atoms with Crippen molar-refractivity contribution < 1.29 is 33.7 Å². The molecule has 5 N–H and O–H groups in total. The number of carbonyl (C=O) groups excluding carboxylic acids is 2. The van der Waals surface area contributed by atoms with Gasteiger partial charge in [-0.15, -0.1) is 0 Å². The average molecular weight is 387 g/mol. The van der Waals surface area contributed by atoms with E-state index in [-0.39, 0.29) is 6.61 Å². The van der Waals surface area contributed by atoms with Gasteiger partial charge in [-0.3, -0.25) is 14.2 Å². The summed E-state index contributed by atoms with van der Waals surface area (Å²) in [5.41, 5.74) is 0.755. The molecule has 0 fully saturated rings. The first-order valence-corrected chi connectivity index (χ1v) is 9.52. The molecule has 1 aromatic carbocycles. The Morgan fingerprint density at radius 2 is 1.77 bits per heavy atom. The van der Waals surface area contributed by atoms with Crippen LogP contribution in [0, 0.1) is 0 Å². The molecule has 0 heterocycles. The van der Waals surface area contributed by atoms with Crippen molar-refractivity contribution >= 4 is 25.5 Å². The Bertz CT molecular complexity index is 683. The Hall–Kier alpha value is -2.42. The van der Waals surface area contributed by atoms with Crippen molar-refractivity contribution in [2.75, 3.05) is 6.29 Å². The molecule has 0 spiro atoms. The van der Waals surface area contributed by atoms with Crippen LogP contribution in [0.1, 0.15) is 19.4 Å². The normalized spacial score (nSPS) is 15.2. The summed E-state index contributed by atoms with van der Waals surface area (Å²) in [4.78, 5) is 43.8. The van der Waals surface area contributed by atoms with E-state index in [4.69, 9.17) is 9.84 Å². The van der Waals surface area contributed by atoms with Gasteiger partial charge in [0.1, 0.15) is 18.9 Å². The second-order valence-corrected chi connectivity index (χ2v) is 7.50. The first kappa shape index (κ1) is 21.6. The number of amides is 2. The molecule has 3 atom stereocenters. The highest BCUT2D eigenvalue weighted by atomic mass is 31.2. The standard InChI is InChI=1S/C15H22N3O7P/c1-10(13(19)17-11(2)14(20)21)18-26(23,24)9-16-15(22)25-8-12-6-4-3-5-7-12/h3-7,10-11H,8-9H2,1-2H3,(H,16,22)(H,17,19)(H,20,21)(H2,18,23,24)/t10-,11-/m0/s1. The van der Waals surface area contributed by atoms with Crippen LogP contribution in [0.3, 0.4) is 0 Å². The summed E-state index contributed by atoms with van der Waals surface area (Å²) in [6, 6.07) is 6.59. The van der Waals surface area contributed by atoms with Crippen molar-refractivity contribution in [1.29, 1.82) is 0 Å². The molecule has 1 unspecified atom stereocenters. The molecule has 0 saturated carbocycles. The Labute approximate surface area is 150 Å². The molecule has 0 radical (unpaired) electrons. The molecule has 0 aromatic heterocycles. The maximum absolute atomic E-state index is 12.0. The molecular formula is C15H22N3O7P. The molecule has 11 heteroatoms. The van der Waals surface area contributed by atoms with Gasteiger partial charge in [-0.05, 0) is 19.4 Å². The van der Waals surface area contributed by atoms with E-state index < -0.39 is 43.9 Å². The summed E-state index contributed by atoms with van der Waals surface area (Å²) in [6.45, 7) is 2.55. The largest absolute Gasteiger partial charge is 0.480 e. The van der Waals surface area contributed by atoms with Gasteiger partial charge in [0, 0.05) is 0 Å². The van der Waals surface area contributed by atoms with E-state index in [0.717, 1.165) is 5.56 Å². The zero-order chi connectivity index (χ0) is 19.7. The first-order valence-electron chi connectivity index (χ1n) is 7.68. The van der Waals surface area contributed by atoms with Gasteiger partial charge in [-0.2, -0.15) is 0 Å². The van der Waals surface area contributed by atoms with Gasteiger partial charge in [0.25, 0.3) is 7.52 Å². The number of carboxylic acid groups (broad SMARTS) is 1. The summed E-state index contributed by atoms with van der Waals surface area (Å²) < 4.78 is 16.9. The topological polar surface area (TPSA) is 154 Å². The van der Waals surface area contributed by atoms with E-state index in [1.54, 1.807) is 24.3 Å². The smallest absolute Gasteiger partial charge is 0.407 e. The van der Waals surface area contributed by atoms with Crippen molar-refractivity contribution in [3.05, 3.63) is 35.9 Å². The predicted molar refractivity (Wildman–Crippen MR) is 92.3 cm³/mol. The maximum Gasteiger partial charge on any atom is 0.407 e. The van der Waals surface area contributed by atoms with E-state index in [2.05, 4.69) is 15.7 Å². The Morgan fingerprint density at radius 3 is 2.35 bits per heavy atom. The highest BCUT2D eigenvalue weighted by molar-refractivity contribution is 7.55. The SMILES string of the molecule is C[C@H](NC(=O)[C@H](C)NP(=O)(O)CNC(=O)OCc1ccccc1)C(=O)O. The number of alkyl carbamates (subject to hydrolysis) is 1. The molecule has 0 saturated heterocycles. The summed E-state index contributed by atoms with van der Waals surface area (Å²) in [5.74, 6) is -2.00. The van der Waals surface area contributed by atoms with Gasteiger partial charge in [0.15, 0.2) is 0 Å². The van der Waals surface area contributed by atoms with Crippen molar-refractivity contribution in [1.82, 2.24) is 15.7 Å². The van der Waals surface area contributed by atoms with E-state index in [1.807, 2.05) is 6.07 Å². The van der Waals surface area contributed by atoms with Crippen molar-refractivity contribution in [3.8, 4) is 0 Å². The third-order valence-electron chi connectivity index (χ3n) is 3.17. The van der Waals surface area contributed by atoms with Crippen LogP contribution in [-0.4, -0.2) is 46.3 Å². The number of rotatable bonds is 9. The fourth-order valence-corrected chi connectivity index (χ4v) is 2.91. The minimum atomic E-state index is -4.09. The number of carbonyl (C=O) groups is 3. The maximum atomic E-state index is 12.0. The van der Waals surface area contributed by atoms with Crippen molar-refractivity contribution in [2.24, 2.45) is 0 Å². The minimum absolute atomic E-state index is 0.00170. The van der Waals surface area contributed by atoms with Crippen LogP contribution in [0.25, 0.3) is 0 Å². The number of benzene rings is 1. The molecule has 0 aliphatic rings. The Morgan fingerprint density at radius 1 is 1.15 bits per heavy atom. The number of carboxylic acids is 1. The highest BCUT2D eigenvalue weighted by Gasteiger charge is 2.27. The number of ether oxygens (including phenoxy) is 1. The van der Waals surface area contributed by atoms with Gasteiger partial charge >= 0.3 is 12.1 Å². The fraction of sp³-hybridized carbons (Fsp3) is 0.400. The average Bonchev–Trinajstić information content (AvgIpc) is 2.58. The lowest BCUT2D eigenvalue weighted by Gasteiger charge is -2.20. The molecule has 10 nitrogen and oxygen atoms in total. The minimum Gasteiger partial charge on any atom is -0.480 e. The molecule has 144 valence electrons. The molecule has 0 aliphatic heterocycles. The lowest BCUT2D eigenvalue weighted by molar-refractivity contribution is -0.141. The lowest BCUT2D eigenvalue weighted by atomic mass is 10.2. The van der Waals surface area contributed by atoms with Gasteiger partial charge in [-0.25, -0.2) is 9.88 Å². The number of hydrogen-bond acceptors (Lipinski definition) is 5. The van der Waals surface area contributed by atoms with Crippen LogP contribution < -0.4 is 15.7 Å². The van der Waals surface area contributed by atoms with Crippen LogP contribution in [-0.2, 0) is 25.5 Å².